The number of ether oxygens (including phenoxy) is 1. The molecule has 0 heterocycles. The fourth-order valence-electron chi connectivity index (χ4n) is 1.90. The number of para-hydroxylation sites is 1. The number of carbonyl (C=O) groups is 1. The van der Waals surface area contributed by atoms with Gasteiger partial charge < -0.3 is 10.1 Å². The first-order chi connectivity index (χ1) is 10.3. The van der Waals surface area contributed by atoms with Crippen molar-refractivity contribution in [3.8, 4) is 0 Å². The molecule has 3 heteroatoms. The smallest absolute Gasteiger partial charge is 0.332 e. The molecule has 0 aliphatic rings. The maximum absolute atomic E-state index is 12.0. The van der Waals surface area contributed by atoms with Gasteiger partial charge in [-0.05, 0) is 24.6 Å². The molecule has 0 amide bonds. The topological polar surface area (TPSA) is 38.3 Å². The van der Waals surface area contributed by atoms with E-state index in [1.807, 2.05) is 72.8 Å². The van der Waals surface area contributed by atoms with Crippen LogP contribution in [-0.4, -0.2) is 18.6 Å². The molecule has 0 radical (unpaired) electrons. The number of hydrogen-bond acceptors (Lipinski definition) is 3. The van der Waals surface area contributed by atoms with Gasteiger partial charge in [-0.2, -0.15) is 0 Å². The van der Waals surface area contributed by atoms with E-state index >= 15 is 0 Å². The number of benzene rings is 2. The van der Waals surface area contributed by atoms with Gasteiger partial charge in [0.05, 0.1) is 6.61 Å². The Bertz CT molecular complexity index is 579. The highest BCUT2D eigenvalue weighted by atomic mass is 16.5. The fraction of sp³-hybridized carbons (Fsp3) is 0.167. The summed E-state index contributed by atoms with van der Waals surface area (Å²) in [6.45, 7) is 2.17. The van der Waals surface area contributed by atoms with Crippen LogP contribution in [0.25, 0.3) is 6.08 Å². The molecule has 0 saturated carbocycles. The van der Waals surface area contributed by atoms with Gasteiger partial charge in [0.1, 0.15) is 6.04 Å². The Morgan fingerprint density at radius 3 is 2.33 bits per heavy atom. The van der Waals surface area contributed by atoms with Gasteiger partial charge in [-0.1, -0.05) is 60.7 Å². The Labute approximate surface area is 125 Å². The van der Waals surface area contributed by atoms with Crippen LogP contribution in [0.15, 0.2) is 66.7 Å². The standard InChI is InChI=1S/C18H19NO2/c1-2-21-18(20)17(19-16-11-7-4-8-12-16)14-13-15-9-5-3-6-10-15/h3-14,17,19H,2H2,1H3/b14-13+. The van der Waals surface area contributed by atoms with Crippen molar-refractivity contribution in [2.45, 2.75) is 13.0 Å². The van der Waals surface area contributed by atoms with Crippen molar-refractivity contribution in [2.24, 2.45) is 0 Å². The summed E-state index contributed by atoms with van der Waals surface area (Å²) in [5.41, 5.74) is 1.93. The third kappa shape index (κ3) is 4.80. The molecule has 1 unspecified atom stereocenters. The van der Waals surface area contributed by atoms with Crippen LogP contribution in [0.5, 0.6) is 0 Å². The second-order valence-electron chi connectivity index (χ2n) is 4.51. The van der Waals surface area contributed by atoms with Crippen molar-refractivity contribution < 1.29 is 9.53 Å². The van der Waals surface area contributed by atoms with Gasteiger partial charge in [0.15, 0.2) is 0 Å². The molecule has 3 nitrogen and oxygen atoms in total. The van der Waals surface area contributed by atoms with Crippen molar-refractivity contribution in [3.05, 3.63) is 72.3 Å². The maximum atomic E-state index is 12.0. The van der Waals surface area contributed by atoms with E-state index in [2.05, 4.69) is 5.32 Å². The van der Waals surface area contributed by atoms with Gasteiger partial charge in [-0.25, -0.2) is 4.79 Å². The van der Waals surface area contributed by atoms with Gasteiger partial charge >= 0.3 is 5.97 Å². The first kappa shape index (κ1) is 14.9. The predicted molar refractivity (Wildman–Crippen MR) is 86.0 cm³/mol. The Morgan fingerprint density at radius 2 is 1.71 bits per heavy atom. The van der Waals surface area contributed by atoms with Crippen LogP contribution >= 0.6 is 0 Å². The molecule has 0 aromatic heterocycles. The molecule has 0 bridgehead atoms. The van der Waals surface area contributed by atoms with E-state index in [-0.39, 0.29) is 5.97 Å². The highest BCUT2D eigenvalue weighted by Gasteiger charge is 2.16. The summed E-state index contributed by atoms with van der Waals surface area (Å²) in [5, 5.41) is 3.17. The lowest BCUT2D eigenvalue weighted by atomic mass is 10.1. The van der Waals surface area contributed by atoms with Crippen LogP contribution in [-0.2, 0) is 9.53 Å². The molecule has 2 aromatic carbocycles. The molecule has 1 N–H and O–H groups in total. The van der Waals surface area contributed by atoms with Crippen LogP contribution in [0.1, 0.15) is 12.5 Å². The van der Waals surface area contributed by atoms with E-state index in [0.29, 0.717) is 6.61 Å². The van der Waals surface area contributed by atoms with Gasteiger partial charge in [0, 0.05) is 5.69 Å². The molecule has 1 atom stereocenters. The van der Waals surface area contributed by atoms with Crippen LogP contribution in [0.2, 0.25) is 0 Å². The average molecular weight is 281 g/mol. The maximum Gasteiger partial charge on any atom is 0.332 e. The molecule has 0 aliphatic heterocycles. The van der Waals surface area contributed by atoms with E-state index in [1.165, 1.54) is 0 Å². The molecule has 2 rings (SSSR count). The molecule has 0 aliphatic carbocycles. The zero-order chi connectivity index (χ0) is 14.9. The summed E-state index contributed by atoms with van der Waals surface area (Å²) in [5.74, 6) is -0.284. The lowest BCUT2D eigenvalue weighted by molar-refractivity contribution is -0.142. The summed E-state index contributed by atoms with van der Waals surface area (Å²) < 4.78 is 5.11. The molecule has 0 saturated heterocycles. The van der Waals surface area contributed by atoms with Gasteiger partial charge in [-0.15, -0.1) is 0 Å². The van der Waals surface area contributed by atoms with E-state index in [9.17, 15) is 4.79 Å². The molecule has 0 spiro atoms. The van der Waals surface area contributed by atoms with Crippen molar-refractivity contribution >= 4 is 17.7 Å². The molecule has 0 fully saturated rings. The third-order valence-corrected chi connectivity index (χ3v) is 2.92. The summed E-state index contributed by atoms with van der Waals surface area (Å²) >= 11 is 0. The minimum Gasteiger partial charge on any atom is -0.464 e. The molecule has 21 heavy (non-hydrogen) atoms. The van der Waals surface area contributed by atoms with Crippen molar-refractivity contribution in [1.29, 1.82) is 0 Å². The molecule has 2 aromatic rings. The lowest BCUT2D eigenvalue weighted by Gasteiger charge is -2.15. The first-order valence-electron chi connectivity index (χ1n) is 7.01. The average Bonchev–Trinajstić information content (AvgIpc) is 2.53. The second-order valence-corrected chi connectivity index (χ2v) is 4.51. The fourth-order valence-corrected chi connectivity index (χ4v) is 1.90. The Balaban J connectivity index is 2.12. The minimum absolute atomic E-state index is 0.284. The zero-order valence-electron chi connectivity index (χ0n) is 12.0. The normalized spacial score (nSPS) is 12.0. The van der Waals surface area contributed by atoms with Crippen LogP contribution in [0.4, 0.5) is 5.69 Å². The number of rotatable bonds is 6. The largest absolute Gasteiger partial charge is 0.464 e. The first-order valence-corrected chi connectivity index (χ1v) is 7.01. The quantitative estimate of drug-likeness (QED) is 0.820. The summed E-state index contributed by atoms with van der Waals surface area (Å²) in [4.78, 5) is 12.0. The Morgan fingerprint density at radius 1 is 1.10 bits per heavy atom. The Kier molecular flexibility index (Phi) is 5.59. The molecular weight excluding hydrogens is 262 g/mol. The van der Waals surface area contributed by atoms with Crippen molar-refractivity contribution in [3.63, 3.8) is 0 Å². The summed E-state index contributed by atoms with van der Waals surface area (Å²) in [7, 11) is 0. The highest BCUT2D eigenvalue weighted by Crippen LogP contribution is 2.10. The van der Waals surface area contributed by atoms with Crippen LogP contribution < -0.4 is 5.32 Å². The third-order valence-electron chi connectivity index (χ3n) is 2.92. The van der Waals surface area contributed by atoms with Gasteiger partial charge in [0.25, 0.3) is 0 Å². The van der Waals surface area contributed by atoms with Crippen LogP contribution in [0.3, 0.4) is 0 Å². The van der Waals surface area contributed by atoms with E-state index in [1.54, 1.807) is 6.92 Å². The van der Waals surface area contributed by atoms with Crippen LogP contribution in [0, 0.1) is 0 Å². The minimum atomic E-state index is -0.507. The number of anilines is 1. The van der Waals surface area contributed by atoms with Gasteiger partial charge in [-0.3, -0.25) is 0 Å². The predicted octanol–water partition coefficient (Wildman–Crippen LogP) is 3.74. The Hall–Kier alpha value is -2.55. The van der Waals surface area contributed by atoms with Crippen molar-refractivity contribution in [2.75, 3.05) is 11.9 Å². The number of esters is 1. The van der Waals surface area contributed by atoms with E-state index in [0.717, 1.165) is 11.3 Å². The van der Waals surface area contributed by atoms with E-state index < -0.39 is 6.04 Å². The lowest BCUT2D eigenvalue weighted by Crippen LogP contribution is -2.29. The van der Waals surface area contributed by atoms with Crippen molar-refractivity contribution in [1.82, 2.24) is 0 Å². The zero-order valence-corrected chi connectivity index (χ0v) is 12.0. The second kappa shape index (κ2) is 7.90. The number of nitrogens with one attached hydrogen (secondary N) is 1. The summed E-state index contributed by atoms with van der Waals surface area (Å²) in [6, 6.07) is 19.0. The number of hydrogen-bond donors (Lipinski definition) is 1. The highest BCUT2D eigenvalue weighted by molar-refractivity contribution is 5.83. The van der Waals surface area contributed by atoms with Gasteiger partial charge in [0.2, 0.25) is 0 Å². The molecule has 108 valence electrons. The number of carbonyl (C=O) groups excluding carboxylic acids is 1. The summed E-state index contributed by atoms with van der Waals surface area (Å²) in [6.07, 6.45) is 3.73. The monoisotopic (exact) mass is 281 g/mol. The van der Waals surface area contributed by atoms with E-state index in [4.69, 9.17) is 4.74 Å². The molecular formula is C18H19NO2. The SMILES string of the molecule is CCOC(=O)C(/C=C/c1ccccc1)Nc1ccccc1.